The summed E-state index contributed by atoms with van der Waals surface area (Å²) >= 11 is 3.22. The average molecular weight is 433 g/mol. The molecule has 1 aliphatic carbocycles. The molecule has 1 aromatic heterocycles. The number of benzene rings is 1. The molecule has 1 unspecified atom stereocenters. The van der Waals surface area contributed by atoms with Crippen LogP contribution in [0.25, 0.3) is 5.69 Å². The van der Waals surface area contributed by atoms with Gasteiger partial charge in [0, 0.05) is 23.3 Å². The Kier molecular flexibility index (Phi) is 7.12. The second-order valence-electron chi connectivity index (χ2n) is 6.14. The first kappa shape index (κ1) is 20.6. The first-order chi connectivity index (χ1) is 12.9. The van der Waals surface area contributed by atoms with Gasteiger partial charge in [0.1, 0.15) is 0 Å². The Morgan fingerprint density at radius 3 is 2.41 bits per heavy atom. The van der Waals surface area contributed by atoms with Gasteiger partial charge >= 0.3 is 11.9 Å². The van der Waals surface area contributed by atoms with Gasteiger partial charge in [-0.1, -0.05) is 51.9 Å². The summed E-state index contributed by atoms with van der Waals surface area (Å²) < 4.78 is 1.83. The maximum absolute atomic E-state index is 11.4. The van der Waals surface area contributed by atoms with Crippen LogP contribution in [0.2, 0.25) is 0 Å². The number of halogens is 1. The summed E-state index contributed by atoms with van der Waals surface area (Å²) in [6.45, 7) is 1.73. The Morgan fingerprint density at radius 2 is 1.89 bits per heavy atom. The van der Waals surface area contributed by atoms with Crippen molar-refractivity contribution in [3.8, 4) is 5.69 Å². The van der Waals surface area contributed by atoms with Gasteiger partial charge in [-0.25, -0.2) is 9.48 Å². The molecule has 0 aliphatic heterocycles. The molecule has 0 bridgehead atoms. The van der Waals surface area contributed by atoms with Gasteiger partial charge in [-0.2, -0.15) is 5.10 Å². The van der Waals surface area contributed by atoms with Crippen molar-refractivity contribution in [3.63, 3.8) is 0 Å². The van der Waals surface area contributed by atoms with Gasteiger partial charge in [-0.3, -0.25) is 4.79 Å². The van der Waals surface area contributed by atoms with Crippen molar-refractivity contribution in [1.82, 2.24) is 9.78 Å². The van der Waals surface area contributed by atoms with E-state index in [1.807, 2.05) is 47.3 Å². The highest BCUT2D eigenvalue weighted by Gasteiger charge is 2.42. The Bertz CT molecular complexity index is 844. The zero-order valence-corrected chi connectivity index (χ0v) is 16.5. The van der Waals surface area contributed by atoms with E-state index in [1.165, 1.54) is 6.08 Å². The maximum atomic E-state index is 11.4. The lowest BCUT2D eigenvalue weighted by Crippen LogP contribution is -2.35. The van der Waals surface area contributed by atoms with Gasteiger partial charge in [0.2, 0.25) is 0 Å². The average Bonchev–Trinajstić information content (AvgIpc) is 3.19. The van der Waals surface area contributed by atoms with Crippen LogP contribution in [0.3, 0.4) is 0 Å². The highest BCUT2D eigenvalue weighted by molar-refractivity contribution is 9.09. The second kappa shape index (κ2) is 9.32. The Morgan fingerprint density at radius 1 is 1.19 bits per heavy atom. The predicted molar refractivity (Wildman–Crippen MR) is 106 cm³/mol. The number of carboxylic acids is 2. The van der Waals surface area contributed by atoms with Gasteiger partial charge in [0.25, 0.3) is 0 Å². The third-order valence-electron chi connectivity index (χ3n) is 4.51. The summed E-state index contributed by atoms with van der Waals surface area (Å²) in [5, 5.41) is 22.8. The van der Waals surface area contributed by atoms with Crippen LogP contribution >= 0.6 is 15.9 Å². The molecule has 0 saturated heterocycles. The monoisotopic (exact) mass is 432 g/mol. The quantitative estimate of drug-likeness (QED) is 0.694. The number of alkyl halides is 1. The highest BCUT2D eigenvalue weighted by Crippen LogP contribution is 2.41. The SMILES string of the molecule is CC1=CC=C(C(=O)O)CC1(CCBr)C(=O)O.c1ccc(-n2cccn2)cc1. The fourth-order valence-corrected chi connectivity index (χ4v) is 3.53. The van der Waals surface area contributed by atoms with E-state index >= 15 is 0 Å². The van der Waals surface area contributed by atoms with Crippen LogP contribution in [0.4, 0.5) is 0 Å². The number of aliphatic carboxylic acids is 2. The van der Waals surface area contributed by atoms with Crippen LogP contribution < -0.4 is 0 Å². The predicted octanol–water partition coefficient (Wildman–Crippen LogP) is 4.08. The minimum atomic E-state index is -1.08. The van der Waals surface area contributed by atoms with Gasteiger partial charge in [-0.05, 0) is 38.0 Å². The molecule has 0 saturated carbocycles. The minimum absolute atomic E-state index is 0.0472. The van der Waals surface area contributed by atoms with Crippen LogP contribution in [0.1, 0.15) is 19.8 Å². The molecule has 27 heavy (non-hydrogen) atoms. The lowest BCUT2D eigenvalue weighted by Gasteiger charge is -2.32. The molecule has 2 N–H and O–H groups in total. The van der Waals surface area contributed by atoms with Crippen LogP contribution in [-0.2, 0) is 9.59 Å². The molecule has 7 heteroatoms. The number of aromatic nitrogens is 2. The van der Waals surface area contributed by atoms with Crippen molar-refractivity contribution >= 4 is 27.9 Å². The highest BCUT2D eigenvalue weighted by atomic mass is 79.9. The zero-order valence-electron chi connectivity index (χ0n) is 14.9. The van der Waals surface area contributed by atoms with Gasteiger partial charge in [0.05, 0.1) is 11.1 Å². The van der Waals surface area contributed by atoms with E-state index in [1.54, 1.807) is 19.2 Å². The largest absolute Gasteiger partial charge is 0.481 e. The standard InChI is InChI=1S/C11H13BrO4.C9H8N2/c1-7-2-3-8(9(13)14)6-11(7,4-5-12)10(15)16;1-2-5-9(6-3-1)11-8-4-7-10-11/h2-3H,4-6H2,1H3,(H,13,14)(H,15,16);1-8H. The van der Waals surface area contributed by atoms with Crippen LogP contribution in [0.15, 0.2) is 72.1 Å². The molecular formula is C20H21BrN2O4. The number of carboxylic acid groups (broad SMARTS) is 2. The number of allylic oxidation sites excluding steroid dienone is 2. The molecular weight excluding hydrogens is 412 g/mol. The fraction of sp³-hybridized carbons (Fsp3) is 0.250. The second-order valence-corrected chi connectivity index (χ2v) is 6.93. The summed E-state index contributed by atoms with van der Waals surface area (Å²) in [7, 11) is 0. The van der Waals surface area contributed by atoms with Gasteiger partial charge < -0.3 is 10.2 Å². The minimum Gasteiger partial charge on any atom is -0.481 e. The molecule has 1 atom stereocenters. The van der Waals surface area contributed by atoms with Gasteiger partial charge in [0.15, 0.2) is 0 Å². The van der Waals surface area contributed by atoms with Crippen LogP contribution in [0.5, 0.6) is 0 Å². The lowest BCUT2D eigenvalue weighted by molar-refractivity contribution is -0.147. The molecule has 3 rings (SSSR count). The van der Waals surface area contributed by atoms with Crippen LogP contribution in [0, 0.1) is 5.41 Å². The van der Waals surface area contributed by atoms with E-state index in [0.717, 1.165) is 5.69 Å². The first-order valence-corrected chi connectivity index (χ1v) is 9.48. The lowest BCUT2D eigenvalue weighted by atomic mass is 9.71. The number of rotatable bonds is 5. The summed E-state index contributed by atoms with van der Waals surface area (Å²) in [5.41, 5.74) is 0.863. The van der Waals surface area contributed by atoms with Crippen LogP contribution in [-0.4, -0.2) is 37.3 Å². The molecule has 0 fully saturated rings. The molecule has 1 aromatic carbocycles. The topological polar surface area (TPSA) is 92.4 Å². The fourth-order valence-electron chi connectivity index (χ4n) is 2.86. The van der Waals surface area contributed by atoms with Crippen molar-refractivity contribution in [2.24, 2.45) is 5.41 Å². The summed E-state index contributed by atoms with van der Waals surface area (Å²) in [6.07, 6.45) is 7.19. The third-order valence-corrected chi connectivity index (χ3v) is 4.91. The zero-order chi connectivity index (χ0) is 19.9. The molecule has 6 nitrogen and oxygen atoms in total. The Balaban J connectivity index is 0.000000206. The first-order valence-electron chi connectivity index (χ1n) is 8.36. The Labute approximate surface area is 166 Å². The number of para-hydroxylation sites is 1. The number of nitrogens with zero attached hydrogens (tertiary/aromatic N) is 2. The van der Waals surface area contributed by atoms with Gasteiger partial charge in [-0.15, -0.1) is 0 Å². The van der Waals surface area contributed by atoms with E-state index in [0.29, 0.717) is 17.3 Å². The summed E-state index contributed by atoms with van der Waals surface area (Å²) in [6, 6.07) is 11.9. The maximum Gasteiger partial charge on any atom is 0.331 e. The molecule has 1 heterocycles. The molecule has 0 radical (unpaired) electrons. The van der Waals surface area contributed by atoms with Crippen molar-refractivity contribution in [3.05, 3.63) is 72.1 Å². The van der Waals surface area contributed by atoms with Crippen molar-refractivity contribution in [1.29, 1.82) is 0 Å². The van der Waals surface area contributed by atoms with Crippen molar-refractivity contribution in [2.45, 2.75) is 19.8 Å². The van der Waals surface area contributed by atoms with Crippen molar-refractivity contribution < 1.29 is 19.8 Å². The molecule has 0 amide bonds. The van der Waals surface area contributed by atoms with Crippen molar-refractivity contribution in [2.75, 3.05) is 5.33 Å². The smallest absolute Gasteiger partial charge is 0.331 e. The molecule has 2 aromatic rings. The van der Waals surface area contributed by atoms with E-state index in [-0.39, 0.29) is 12.0 Å². The van der Waals surface area contributed by atoms with E-state index in [4.69, 9.17) is 5.11 Å². The Hall–Kier alpha value is -2.67. The number of carbonyl (C=O) groups is 2. The van der Waals surface area contributed by atoms with E-state index < -0.39 is 17.4 Å². The number of hydrogen-bond acceptors (Lipinski definition) is 3. The normalized spacial score (nSPS) is 18.6. The summed E-state index contributed by atoms with van der Waals surface area (Å²) in [4.78, 5) is 22.2. The number of hydrogen-bond donors (Lipinski definition) is 2. The molecule has 1 aliphatic rings. The summed E-state index contributed by atoms with van der Waals surface area (Å²) in [5.74, 6) is -2.02. The van der Waals surface area contributed by atoms with E-state index in [2.05, 4.69) is 21.0 Å². The van der Waals surface area contributed by atoms with E-state index in [9.17, 15) is 14.7 Å². The molecule has 142 valence electrons. The third kappa shape index (κ3) is 4.95. The molecule has 0 spiro atoms.